The number of aryl methyl sites for hydroxylation is 1. The summed E-state index contributed by atoms with van der Waals surface area (Å²) in [5.41, 5.74) is 0.981. The zero-order valence-electron chi connectivity index (χ0n) is 16.4. The van der Waals surface area contributed by atoms with Gasteiger partial charge >= 0.3 is 5.97 Å². The van der Waals surface area contributed by atoms with E-state index in [1.54, 1.807) is 0 Å². The molecule has 3 rings (SSSR count). The first-order chi connectivity index (χ1) is 14.2. The lowest BCUT2D eigenvalue weighted by Crippen LogP contribution is -2.13. The number of carbonyl (C=O) groups is 1. The van der Waals surface area contributed by atoms with Crippen LogP contribution >= 0.6 is 0 Å². The monoisotopic (exact) mass is 392 g/mol. The van der Waals surface area contributed by atoms with Crippen LogP contribution in [-0.4, -0.2) is 32.4 Å². The van der Waals surface area contributed by atoms with Gasteiger partial charge in [-0.05, 0) is 30.7 Å². The summed E-state index contributed by atoms with van der Waals surface area (Å²) >= 11 is 0. The second-order valence-electron chi connectivity index (χ2n) is 6.31. The van der Waals surface area contributed by atoms with Crippen molar-refractivity contribution in [2.24, 2.45) is 0 Å². The van der Waals surface area contributed by atoms with Crippen molar-refractivity contribution in [2.75, 3.05) is 26.4 Å². The lowest BCUT2D eigenvalue weighted by Gasteiger charge is -2.16. The summed E-state index contributed by atoms with van der Waals surface area (Å²) in [5, 5.41) is 1.97. The second-order valence-corrected chi connectivity index (χ2v) is 6.31. The Morgan fingerprint density at radius 3 is 2.38 bits per heavy atom. The quantitative estimate of drug-likeness (QED) is 0.274. The lowest BCUT2D eigenvalue weighted by molar-refractivity contribution is -0.139. The fraction of sp³-hybridized carbons (Fsp3) is 0.208. The SMILES string of the molecule is C=CC(=O)OCCOCCOc1c(C)cc(Oc2ccccc2)c2ccccc12. The van der Waals surface area contributed by atoms with Crippen LogP contribution < -0.4 is 9.47 Å². The van der Waals surface area contributed by atoms with Crippen LogP contribution in [0.3, 0.4) is 0 Å². The molecule has 0 atom stereocenters. The fourth-order valence-electron chi connectivity index (χ4n) is 2.90. The predicted molar refractivity (Wildman–Crippen MR) is 113 cm³/mol. The van der Waals surface area contributed by atoms with Crippen LogP contribution in [0.4, 0.5) is 0 Å². The third-order valence-electron chi connectivity index (χ3n) is 4.23. The molecule has 5 heteroatoms. The topological polar surface area (TPSA) is 54.0 Å². The highest BCUT2D eigenvalue weighted by Crippen LogP contribution is 2.38. The van der Waals surface area contributed by atoms with Crippen molar-refractivity contribution in [3.63, 3.8) is 0 Å². The van der Waals surface area contributed by atoms with Gasteiger partial charge < -0.3 is 18.9 Å². The van der Waals surface area contributed by atoms with Gasteiger partial charge in [-0.15, -0.1) is 0 Å². The largest absolute Gasteiger partial charge is 0.490 e. The number of para-hydroxylation sites is 1. The van der Waals surface area contributed by atoms with Gasteiger partial charge in [0.15, 0.2) is 0 Å². The molecular weight excluding hydrogens is 368 g/mol. The molecule has 0 bridgehead atoms. The Labute approximate surface area is 170 Å². The normalized spacial score (nSPS) is 10.5. The van der Waals surface area contributed by atoms with E-state index in [1.807, 2.05) is 67.6 Å². The number of esters is 1. The van der Waals surface area contributed by atoms with E-state index in [-0.39, 0.29) is 6.61 Å². The van der Waals surface area contributed by atoms with Crippen LogP contribution in [0.25, 0.3) is 10.8 Å². The average Bonchev–Trinajstić information content (AvgIpc) is 2.75. The third-order valence-corrected chi connectivity index (χ3v) is 4.23. The summed E-state index contributed by atoms with van der Waals surface area (Å²) in [5.74, 6) is 1.93. The average molecular weight is 392 g/mol. The van der Waals surface area contributed by atoms with E-state index in [4.69, 9.17) is 18.9 Å². The summed E-state index contributed by atoms with van der Waals surface area (Å²) in [7, 11) is 0. The molecule has 0 spiro atoms. The van der Waals surface area contributed by atoms with Crippen molar-refractivity contribution in [1.82, 2.24) is 0 Å². The molecule has 0 aliphatic heterocycles. The van der Waals surface area contributed by atoms with E-state index in [2.05, 4.69) is 6.58 Å². The summed E-state index contributed by atoms with van der Waals surface area (Å²) in [6, 6.07) is 19.7. The first-order valence-corrected chi connectivity index (χ1v) is 9.44. The highest BCUT2D eigenvalue weighted by molar-refractivity contribution is 5.94. The number of hydrogen-bond acceptors (Lipinski definition) is 5. The molecule has 0 amide bonds. The van der Waals surface area contributed by atoms with Gasteiger partial charge in [-0.2, -0.15) is 0 Å². The second kappa shape index (κ2) is 10.3. The minimum Gasteiger partial charge on any atom is -0.490 e. The van der Waals surface area contributed by atoms with E-state index < -0.39 is 5.97 Å². The Hall–Kier alpha value is -3.31. The fourth-order valence-corrected chi connectivity index (χ4v) is 2.90. The Bertz CT molecular complexity index is 966. The van der Waals surface area contributed by atoms with Crippen LogP contribution in [0.15, 0.2) is 73.3 Å². The Balaban J connectivity index is 1.65. The van der Waals surface area contributed by atoms with Crippen molar-refractivity contribution >= 4 is 16.7 Å². The molecule has 0 saturated heterocycles. The zero-order chi connectivity index (χ0) is 20.5. The molecule has 0 unspecified atom stereocenters. The van der Waals surface area contributed by atoms with Crippen molar-refractivity contribution in [3.05, 3.63) is 78.9 Å². The van der Waals surface area contributed by atoms with Crippen molar-refractivity contribution in [3.8, 4) is 17.2 Å². The van der Waals surface area contributed by atoms with Crippen LogP contribution in [0.2, 0.25) is 0 Å². The molecule has 0 aliphatic rings. The van der Waals surface area contributed by atoms with Crippen LogP contribution in [0.5, 0.6) is 17.2 Å². The van der Waals surface area contributed by atoms with Gasteiger partial charge in [0.1, 0.15) is 30.5 Å². The number of carbonyl (C=O) groups excluding carboxylic acids is 1. The molecule has 0 saturated carbocycles. The number of fused-ring (bicyclic) bond motifs is 1. The van der Waals surface area contributed by atoms with Gasteiger partial charge in [0.25, 0.3) is 0 Å². The summed E-state index contributed by atoms with van der Waals surface area (Å²) in [4.78, 5) is 11.0. The van der Waals surface area contributed by atoms with Gasteiger partial charge in [0.2, 0.25) is 0 Å². The first kappa shape index (κ1) is 20.4. The lowest BCUT2D eigenvalue weighted by atomic mass is 10.0. The zero-order valence-corrected chi connectivity index (χ0v) is 16.4. The molecule has 5 nitrogen and oxygen atoms in total. The number of hydrogen-bond donors (Lipinski definition) is 0. The Morgan fingerprint density at radius 1 is 0.931 bits per heavy atom. The van der Waals surface area contributed by atoms with Crippen LogP contribution in [0.1, 0.15) is 5.56 Å². The van der Waals surface area contributed by atoms with E-state index in [1.165, 1.54) is 0 Å². The van der Waals surface area contributed by atoms with Gasteiger partial charge in [-0.3, -0.25) is 0 Å². The van der Waals surface area contributed by atoms with Gasteiger partial charge in [0, 0.05) is 16.8 Å². The summed E-state index contributed by atoms with van der Waals surface area (Å²) < 4.78 is 22.4. The predicted octanol–water partition coefficient (Wildman–Crippen LogP) is 5.07. The molecule has 0 N–H and O–H groups in total. The molecule has 29 heavy (non-hydrogen) atoms. The molecule has 0 aliphatic carbocycles. The molecule has 3 aromatic carbocycles. The minimum atomic E-state index is -0.454. The van der Waals surface area contributed by atoms with E-state index in [9.17, 15) is 4.79 Å². The highest BCUT2D eigenvalue weighted by Gasteiger charge is 2.12. The summed E-state index contributed by atoms with van der Waals surface area (Å²) in [6.45, 7) is 6.62. The molecule has 0 aromatic heterocycles. The Morgan fingerprint density at radius 2 is 1.62 bits per heavy atom. The molecule has 3 aromatic rings. The molecule has 150 valence electrons. The molecular formula is C24H24O5. The third kappa shape index (κ3) is 5.59. The van der Waals surface area contributed by atoms with Crippen molar-refractivity contribution < 1.29 is 23.7 Å². The highest BCUT2D eigenvalue weighted by atomic mass is 16.6. The first-order valence-electron chi connectivity index (χ1n) is 9.44. The number of benzene rings is 3. The van der Waals surface area contributed by atoms with Gasteiger partial charge in [-0.1, -0.05) is 49.0 Å². The van der Waals surface area contributed by atoms with Gasteiger partial charge in [0.05, 0.1) is 13.2 Å². The maximum atomic E-state index is 11.0. The molecule has 0 heterocycles. The van der Waals surface area contributed by atoms with E-state index >= 15 is 0 Å². The molecule has 0 radical (unpaired) electrons. The van der Waals surface area contributed by atoms with E-state index in [0.29, 0.717) is 19.8 Å². The standard InChI is InChI=1S/C24H24O5/c1-3-23(25)27-15-13-26-14-16-28-24-18(2)17-22(20-11-7-8-12-21(20)24)29-19-9-5-4-6-10-19/h3-12,17H,1,13-16H2,2H3. The number of ether oxygens (including phenoxy) is 4. The van der Waals surface area contributed by atoms with Gasteiger partial charge in [-0.25, -0.2) is 4.79 Å². The van der Waals surface area contributed by atoms with E-state index in [0.717, 1.165) is 39.7 Å². The molecule has 0 fully saturated rings. The Kier molecular flexibility index (Phi) is 7.25. The van der Waals surface area contributed by atoms with Crippen LogP contribution in [-0.2, 0) is 14.3 Å². The maximum Gasteiger partial charge on any atom is 0.330 e. The van der Waals surface area contributed by atoms with Crippen molar-refractivity contribution in [1.29, 1.82) is 0 Å². The minimum absolute atomic E-state index is 0.193. The summed E-state index contributed by atoms with van der Waals surface area (Å²) in [6.07, 6.45) is 1.13. The van der Waals surface area contributed by atoms with Crippen molar-refractivity contribution in [2.45, 2.75) is 6.92 Å². The number of rotatable bonds is 10. The van der Waals surface area contributed by atoms with Crippen LogP contribution in [0, 0.1) is 6.92 Å². The smallest absolute Gasteiger partial charge is 0.330 e. The maximum absolute atomic E-state index is 11.0.